The maximum atomic E-state index is 3.72. The van der Waals surface area contributed by atoms with Crippen molar-refractivity contribution in [2.45, 2.75) is 38.9 Å². The van der Waals surface area contributed by atoms with Gasteiger partial charge >= 0.3 is 0 Å². The highest BCUT2D eigenvalue weighted by molar-refractivity contribution is 6.87. The molecule has 0 amide bonds. The molecule has 0 rings (SSSR count). The SMILES string of the molecule is CC(C)(C)[Si](C)(C)C#CC[NH3+]. The standard InChI is InChI=1S/C9H19NSi/c1-9(2,3)11(4,5)8-6-7-10/h7,10H2,1-5H3/p+1. The smallest absolute Gasteiger partial charge is 0.137 e. The highest BCUT2D eigenvalue weighted by atomic mass is 28.3. The number of rotatable bonds is 0. The van der Waals surface area contributed by atoms with Crippen molar-refractivity contribution >= 4 is 8.07 Å². The van der Waals surface area contributed by atoms with E-state index in [4.69, 9.17) is 0 Å². The van der Waals surface area contributed by atoms with Crippen LogP contribution in [0.15, 0.2) is 0 Å². The molecule has 0 aromatic carbocycles. The van der Waals surface area contributed by atoms with Gasteiger partial charge in [0.15, 0.2) is 0 Å². The van der Waals surface area contributed by atoms with Crippen LogP contribution in [0.5, 0.6) is 0 Å². The molecular formula is C9H20NSi+. The van der Waals surface area contributed by atoms with Crippen LogP contribution in [0.3, 0.4) is 0 Å². The molecule has 0 bridgehead atoms. The fourth-order valence-electron chi connectivity index (χ4n) is 0.471. The van der Waals surface area contributed by atoms with Gasteiger partial charge in [0, 0.05) is 0 Å². The number of hydrogen-bond donors (Lipinski definition) is 1. The van der Waals surface area contributed by atoms with Crippen LogP contribution in [0.1, 0.15) is 20.8 Å². The average molecular weight is 170 g/mol. The van der Waals surface area contributed by atoms with Gasteiger partial charge < -0.3 is 5.73 Å². The van der Waals surface area contributed by atoms with Gasteiger partial charge in [0.2, 0.25) is 0 Å². The van der Waals surface area contributed by atoms with Crippen LogP contribution < -0.4 is 5.73 Å². The van der Waals surface area contributed by atoms with Crippen LogP contribution >= 0.6 is 0 Å². The lowest BCUT2D eigenvalue weighted by Gasteiger charge is -2.31. The van der Waals surface area contributed by atoms with Crippen molar-refractivity contribution < 1.29 is 5.73 Å². The van der Waals surface area contributed by atoms with E-state index >= 15 is 0 Å². The molecule has 0 saturated carbocycles. The average Bonchev–Trinajstić information content (AvgIpc) is 1.81. The first-order chi connectivity index (χ1) is 4.81. The molecule has 0 aromatic rings. The zero-order chi connectivity index (χ0) is 9.12. The topological polar surface area (TPSA) is 27.6 Å². The van der Waals surface area contributed by atoms with Gasteiger partial charge in [0.1, 0.15) is 14.6 Å². The maximum Gasteiger partial charge on any atom is 0.137 e. The molecule has 0 aliphatic heterocycles. The van der Waals surface area contributed by atoms with E-state index in [1.807, 2.05) is 0 Å². The molecule has 0 heterocycles. The molecule has 0 atom stereocenters. The first-order valence-corrected chi connectivity index (χ1v) is 7.10. The molecule has 0 aliphatic rings. The molecule has 0 aliphatic carbocycles. The third-order valence-electron chi connectivity index (χ3n) is 2.40. The summed E-state index contributed by atoms with van der Waals surface area (Å²) in [5, 5.41) is 0.384. The summed E-state index contributed by atoms with van der Waals surface area (Å²) in [4.78, 5) is 0. The molecule has 0 fully saturated rings. The summed E-state index contributed by atoms with van der Waals surface area (Å²) >= 11 is 0. The van der Waals surface area contributed by atoms with Gasteiger partial charge in [-0.15, -0.1) is 5.54 Å². The molecule has 0 radical (unpaired) electrons. The zero-order valence-corrected chi connectivity index (χ0v) is 9.41. The summed E-state index contributed by atoms with van der Waals surface area (Å²) in [5.74, 6) is 3.10. The molecule has 0 spiro atoms. The van der Waals surface area contributed by atoms with Crippen molar-refractivity contribution in [3.05, 3.63) is 0 Å². The summed E-state index contributed by atoms with van der Waals surface area (Å²) < 4.78 is 0. The van der Waals surface area contributed by atoms with Crippen LogP contribution in [0.2, 0.25) is 18.1 Å². The second kappa shape index (κ2) is 3.42. The predicted molar refractivity (Wildman–Crippen MR) is 52.7 cm³/mol. The first-order valence-electron chi connectivity index (χ1n) is 4.10. The largest absolute Gasteiger partial charge is 0.347 e. The fourth-order valence-corrected chi connectivity index (χ4v) is 1.41. The molecule has 1 nitrogen and oxygen atoms in total. The van der Waals surface area contributed by atoms with E-state index in [1.165, 1.54) is 0 Å². The number of hydrogen-bond acceptors (Lipinski definition) is 0. The van der Waals surface area contributed by atoms with Crippen LogP contribution in [0.25, 0.3) is 0 Å². The summed E-state index contributed by atoms with van der Waals surface area (Å²) in [7, 11) is -1.33. The third kappa shape index (κ3) is 3.09. The van der Waals surface area contributed by atoms with Crippen LogP contribution in [-0.2, 0) is 0 Å². The predicted octanol–water partition coefficient (Wildman–Crippen LogP) is 1.28. The fraction of sp³-hybridized carbons (Fsp3) is 0.778. The van der Waals surface area contributed by atoms with E-state index < -0.39 is 8.07 Å². The lowest BCUT2D eigenvalue weighted by molar-refractivity contribution is -0.349. The maximum absolute atomic E-state index is 3.72. The van der Waals surface area contributed by atoms with Gasteiger partial charge in [-0.1, -0.05) is 39.8 Å². The molecule has 2 heteroatoms. The van der Waals surface area contributed by atoms with Crippen molar-refractivity contribution in [2.24, 2.45) is 0 Å². The number of quaternary nitrogens is 1. The van der Waals surface area contributed by atoms with Gasteiger partial charge in [-0.25, -0.2) is 0 Å². The Balaban J connectivity index is 4.47. The van der Waals surface area contributed by atoms with E-state index in [0.29, 0.717) is 5.04 Å². The Kier molecular flexibility index (Phi) is 3.34. The van der Waals surface area contributed by atoms with Gasteiger partial charge in [0.25, 0.3) is 0 Å². The van der Waals surface area contributed by atoms with Crippen molar-refractivity contribution in [3.63, 3.8) is 0 Å². The Bertz CT molecular complexity index is 178. The first kappa shape index (κ1) is 10.7. The molecule has 0 saturated heterocycles. The van der Waals surface area contributed by atoms with Crippen molar-refractivity contribution in [1.82, 2.24) is 0 Å². The van der Waals surface area contributed by atoms with Gasteiger partial charge in [-0.05, 0) is 5.04 Å². The van der Waals surface area contributed by atoms with Crippen molar-refractivity contribution in [1.29, 1.82) is 0 Å². The Labute approximate surface area is 71.4 Å². The van der Waals surface area contributed by atoms with Crippen molar-refractivity contribution in [2.75, 3.05) is 6.54 Å². The van der Waals surface area contributed by atoms with E-state index in [-0.39, 0.29) is 0 Å². The van der Waals surface area contributed by atoms with Gasteiger partial charge in [-0.3, -0.25) is 0 Å². The highest BCUT2D eigenvalue weighted by Crippen LogP contribution is 2.34. The van der Waals surface area contributed by atoms with E-state index in [0.717, 1.165) is 6.54 Å². The molecule has 11 heavy (non-hydrogen) atoms. The Morgan fingerprint density at radius 2 is 1.73 bits per heavy atom. The van der Waals surface area contributed by atoms with E-state index in [1.54, 1.807) is 0 Å². The summed E-state index contributed by atoms with van der Waals surface area (Å²) in [6, 6.07) is 0. The minimum Gasteiger partial charge on any atom is -0.347 e. The summed E-state index contributed by atoms with van der Waals surface area (Å²) in [6.45, 7) is 12.2. The minimum atomic E-state index is -1.33. The molecular weight excluding hydrogens is 150 g/mol. The van der Waals surface area contributed by atoms with Gasteiger partial charge in [-0.2, -0.15) is 0 Å². The zero-order valence-electron chi connectivity index (χ0n) is 8.41. The van der Waals surface area contributed by atoms with Gasteiger partial charge in [0.05, 0.1) is 0 Å². The second-order valence-corrected chi connectivity index (χ2v) is 9.43. The summed E-state index contributed by atoms with van der Waals surface area (Å²) in [5.41, 5.74) is 7.09. The van der Waals surface area contributed by atoms with E-state index in [9.17, 15) is 0 Å². The Hall–Kier alpha value is -0.263. The molecule has 64 valence electrons. The second-order valence-electron chi connectivity index (χ2n) is 4.43. The molecule has 0 unspecified atom stereocenters. The van der Waals surface area contributed by atoms with Crippen molar-refractivity contribution in [3.8, 4) is 11.5 Å². The molecule has 0 aromatic heterocycles. The lowest BCUT2D eigenvalue weighted by Crippen LogP contribution is -2.49. The third-order valence-corrected chi connectivity index (χ3v) is 6.95. The normalized spacial score (nSPS) is 12.2. The van der Waals surface area contributed by atoms with Crippen LogP contribution in [-0.4, -0.2) is 14.6 Å². The Morgan fingerprint density at radius 3 is 2.00 bits per heavy atom. The Morgan fingerprint density at radius 1 is 1.27 bits per heavy atom. The minimum absolute atomic E-state index is 0.384. The lowest BCUT2D eigenvalue weighted by atomic mass is 10.2. The summed E-state index contributed by atoms with van der Waals surface area (Å²) in [6.07, 6.45) is 0. The quantitative estimate of drug-likeness (QED) is 0.419. The highest BCUT2D eigenvalue weighted by Gasteiger charge is 2.33. The van der Waals surface area contributed by atoms with Crippen LogP contribution in [0.4, 0.5) is 0 Å². The van der Waals surface area contributed by atoms with Crippen LogP contribution in [0, 0.1) is 11.5 Å². The monoisotopic (exact) mass is 170 g/mol. The molecule has 3 N–H and O–H groups in total. The van der Waals surface area contributed by atoms with E-state index in [2.05, 4.69) is 51.1 Å².